The van der Waals surface area contributed by atoms with E-state index in [1.54, 1.807) is 24.3 Å². The summed E-state index contributed by atoms with van der Waals surface area (Å²) >= 11 is 0. The lowest BCUT2D eigenvalue weighted by atomic mass is 10.2. The highest BCUT2D eigenvalue weighted by Gasteiger charge is 2.22. The average molecular weight is 456 g/mol. The van der Waals surface area contributed by atoms with Crippen LogP contribution in [0.1, 0.15) is 13.8 Å². The number of hydrogen-bond acceptors (Lipinski definition) is 7. The van der Waals surface area contributed by atoms with Crippen LogP contribution >= 0.6 is 0 Å². The molecule has 0 fully saturated rings. The number of para-hydroxylation sites is 1. The van der Waals surface area contributed by atoms with Crippen molar-refractivity contribution in [3.8, 4) is 5.69 Å². The van der Waals surface area contributed by atoms with Gasteiger partial charge < -0.3 is 5.32 Å². The Hall–Kier alpha value is -4.37. The molecular formula is C25H25N7O2. The van der Waals surface area contributed by atoms with Crippen molar-refractivity contribution in [1.29, 1.82) is 0 Å². The first-order valence-corrected chi connectivity index (χ1v) is 10.9. The number of benzene rings is 2. The summed E-state index contributed by atoms with van der Waals surface area (Å²) < 4.78 is 1.46. The smallest absolute Gasteiger partial charge is 0.275 e. The van der Waals surface area contributed by atoms with Gasteiger partial charge in [-0.1, -0.05) is 44.7 Å². The number of rotatable bonds is 8. The van der Waals surface area contributed by atoms with E-state index in [1.165, 1.54) is 23.2 Å². The van der Waals surface area contributed by atoms with E-state index in [4.69, 9.17) is 0 Å². The third-order valence-corrected chi connectivity index (χ3v) is 5.29. The molecule has 0 saturated heterocycles. The lowest BCUT2D eigenvalue weighted by Crippen LogP contribution is -2.40. The van der Waals surface area contributed by atoms with Crippen molar-refractivity contribution in [2.75, 3.05) is 23.4 Å². The van der Waals surface area contributed by atoms with Crippen molar-refractivity contribution in [3.05, 3.63) is 90.1 Å². The maximum Gasteiger partial charge on any atom is 0.275 e. The molecule has 172 valence electrons. The summed E-state index contributed by atoms with van der Waals surface area (Å²) in [5, 5.41) is 6.83. The SMILES string of the molecule is C=CC(=O)Nc1cccc(-n2c(=O)cnc3c(N(c4ccccc4)N(CC)CC)ncnc32)c1. The molecule has 0 atom stereocenters. The van der Waals surface area contributed by atoms with Crippen LogP contribution in [0.4, 0.5) is 17.2 Å². The number of carbonyl (C=O) groups is 1. The van der Waals surface area contributed by atoms with Gasteiger partial charge in [0, 0.05) is 18.8 Å². The van der Waals surface area contributed by atoms with Gasteiger partial charge in [0.25, 0.3) is 5.56 Å². The van der Waals surface area contributed by atoms with E-state index in [1.807, 2.05) is 35.3 Å². The van der Waals surface area contributed by atoms with Gasteiger partial charge >= 0.3 is 0 Å². The van der Waals surface area contributed by atoms with Crippen molar-refractivity contribution >= 4 is 34.3 Å². The van der Waals surface area contributed by atoms with Crippen molar-refractivity contribution < 1.29 is 4.79 Å². The molecule has 0 unspecified atom stereocenters. The van der Waals surface area contributed by atoms with Crippen LogP contribution in [-0.4, -0.2) is 43.5 Å². The third kappa shape index (κ3) is 4.41. The fraction of sp³-hybridized carbons (Fsp3) is 0.160. The molecule has 0 radical (unpaired) electrons. The molecule has 0 aliphatic rings. The monoisotopic (exact) mass is 455 g/mol. The van der Waals surface area contributed by atoms with Crippen LogP contribution in [0.2, 0.25) is 0 Å². The molecule has 0 bridgehead atoms. The molecule has 9 nitrogen and oxygen atoms in total. The number of fused-ring (bicyclic) bond motifs is 1. The van der Waals surface area contributed by atoms with E-state index >= 15 is 0 Å². The number of aromatic nitrogens is 4. The minimum Gasteiger partial charge on any atom is -0.322 e. The zero-order valence-electron chi connectivity index (χ0n) is 19.0. The highest BCUT2D eigenvalue weighted by atomic mass is 16.1. The quantitative estimate of drug-likeness (QED) is 0.320. The fourth-order valence-electron chi connectivity index (χ4n) is 3.74. The summed E-state index contributed by atoms with van der Waals surface area (Å²) in [4.78, 5) is 38.1. The van der Waals surface area contributed by atoms with Gasteiger partial charge in [0.1, 0.15) is 6.33 Å². The van der Waals surface area contributed by atoms with Gasteiger partial charge in [-0.3, -0.25) is 19.2 Å². The van der Waals surface area contributed by atoms with Gasteiger partial charge in [-0.05, 0) is 36.4 Å². The Kier molecular flexibility index (Phi) is 6.74. The van der Waals surface area contributed by atoms with Gasteiger partial charge in [-0.15, -0.1) is 0 Å². The zero-order valence-corrected chi connectivity index (χ0v) is 19.0. The topological polar surface area (TPSA) is 96.2 Å². The molecule has 2 aromatic carbocycles. The summed E-state index contributed by atoms with van der Waals surface area (Å²) in [5.41, 5.74) is 2.47. The van der Waals surface area contributed by atoms with E-state index < -0.39 is 0 Å². The second kappa shape index (κ2) is 10.1. The molecule has 4 aromatic rings. The van der Waals surface area contributed by atoms with Crippen LogP contribution in [0.15, 0.2) is 84.6 Å². The predicted octanol–water partition coefficient (Wildman–Crippen LogP) is 3.70. The predicted molar refractivity (Wildman–Crippen MR) is 133 cm³/mol. The zero-order chi connectivity index (χ0) is 24.1. The molecule has 34 heavy (non-hydrogen) atoms. The first-order valence-electron chi connectivity index (χ1n) is 10.9. The molecular weight excluding hydrogens is 430 g/mol. The van der Waals surface area contributed by atoms with E-state index in [0.29, 0.717) is 28.4 Å². The van der Waals surface area contributed by atoms with Gasteiger partial charge in [0.2, 0.25) is 5.91 Å². The van der Waals surface area contributed by atoms with Crippen molar-refractivity contribution in [2.24, 2.45) is 0 Å². The Bertz CT molecular complexity index is 1380. The molecule has 1 N–H and O–H groups in total. The lowest BCUT2D eigenvalue weighted by Gasteiger charge is -2.34. The van der Waals surface area contributed by atoms with Crippen LogP contribution in [0, 0.1) is 0 Å². The first kappa shape index (κ1) is 22.8. The molecule has 0 aliphatic heterocycles. The van der Waals surface area contributed by atoms with Crippen LogP contribution < -0.4 is 15.9 Å². The first-order chi connectivity index (χ1) is 16.6. The maximum atomic E-state index is 12.9. The van der Waals surface area contributed by atoms with Gasteiger partial charge in [0.05, 0.1) is 17.6 Å². The van der Waals surface area contributed by atoms with Crippen LogP contribution in [0.25, 0.3) is 16.9 Å². The number of hydrazine groups is 1. The van der Waals surface area contributed by atoms with E-state index in [0.717, 1.165) is 18.8 Å². The molecule has 2 heterocycles. The highest BCUT2D eigenvalue weighted by molar-refractivity contribution is 5.99. The van der Waals surface area contributed by atoms with Crippen LogP contribution in [0.5, 0.6) is 0 Å². The highest BCUT2D eigenvalue weighted by Crippen LogP contribution is 2.30. The molecule has 9 heteroatoms. The lowest BCUT2D eigenvalue weighted by molar-refractivity contribution is -0.111. The minimum absolute atomic E-state index is 0.341. The standard InChI is InChI=1S/C25H25N7O2/c1-4-21(33)29-18-11-10-14-20(15-18)31-22(34)16-26-23-24(31)27-17-28-25(23)32(30(5-2)6-3)19-12-8-7-9-13-19/h4,7-17H,1,5-6H2,2-3H3,(H,29,33). The number of nitrogens with zero attached hydrogens (tertiary/aromatic N) is 6. The van der Waals surface area contributed by atoms with Gasteiger partial charge in [-0.25, -0.2) is 20.0 Å². The average Bonchev–Trinajstić information content (AvgIpc) is 2.87. The molecule has 2 aromatic heterocycles. The van der Waals surface area contributed by atoms with Crippen molar-refractivity contribution in [1.82, 2.24) is 24.5 Å². The number of nitrogens with one attached hydrogen (secondary N) is 1. The van der Waals surface area contributed by atoms with E-state index in [9.17, 15) is 9.59 Å². The molecule has 1 amide bonds. The van der Waals surface area contributed by atoms with Crippen molar-refractivity contribution in [2.45, 2.75) is 13.8 Å². The largest absolute Gasteiger partial charge is 0.322 e. The molecule has 0 saturated carbocycles. The Morgan fingerprint density at radius 3 is 2.53 bits per heavy atom. The van der Waals surface area contributed by atoms with Gasteiger partial charge in [0.15, 0.2) is 17.0 Å². The van der Waals surface area contributed by atoms with Gasteiger partial charge in [-0.2, -0.15) is 0 Å². The minimum atomic E-state index is -0.349. The summed E-state index contributed by atoms with van der Waals surface area (Å²) in [6, 6.07) is 16.8. The fourth-order valence-corrected chi connectivity index (χ4v) is 3.74. The Labute approximate surface area is 197 Å². The molecule has 4 rings (SSSR count). The molecule has 0 aliphatic carbocycles. The Balaban J connectivity index is 1.93. The van der Waals surface area contributed by atoms with Crippen molar-refractivity contribution in [3.63, 3.8) is 0 Å². The van der Waals surface area contributed by atoms with Crippen LogP contribution in [-0.2, 0) is 4.79 Å². The number of anilines is 3. The van der Waals surface area contributed by atoms with E-state index in [-0.39, 0.29) is 11.5 Å². The maximum absolute atomic E-state index is 12.9. The second-order valence-corrected chi connectivity index (χ2v) is 7.33. The number of hydrogen-bond donors (Lipinski definition) is 1. The second-order valence-electron chi connectivity index (χ2n) is 7.33. The number of amides is 1. The van der Waals surface area contributed by atoms with E-state index in [2.05, 4.69) is 45.7 Å². The third-order valence-electron chi connectivity index (χ3n) is 5.29. The summed E-state index contributed by atoms with van der Waals surface area (Å²) in [5.74, 6) is 0.219. The summed E-state index contributed by atoms with van der Waals surface area (Å²) in [6.07, 6.45) is 3.87. The Morgan fingerprint density at radius 1 is 1.06 bits per heavy atom. The summed E-state index contributed by atoms with van der Waals surface area (Å²) in [7, 11) is 0. The molecule has 0 spiro atoms. The Morgan fingerprint density at radius 2 is 1.82 bits per heavy atom. The summed E-state index contributed by atoms with van der Waals surface area (Å²) in [6.45, 7) is 9.08. The normalized spacial score (nSPS) is 10.9. The van der Waals surface area contributed by atoms with Crippen LogP contribution in [0.3, 0.4) is 0 Å². The number of carbonyl (C=O) groups excluding carboxylic acids is 1.